The summed E-state index contributed by atoms with van der Waals surface area (Å²) in [7, 11) is 0. The van der Waals surface area contributed by atoms with Crippen molar-refractivity contribution in [1.82, 2.24) is 10.2 Å². The summed E-state index contributed by atoms with van der Waals surface area (Å²) < 4.78 is 5.74. The van der Waals surface area contributed by atoms with Gasteiger partial charge in [0.25, 0.3) is 5.91 Å². The van der Waals surface area contributed by atoms with Gasteiger partial charge >= 0.3 is 6.03 Å². The van der Waals surface area contributed by atoms with Crippen molar-refractivity contribution in [2.75, 3.05) is 19.7 Å². The molecule has 1 aromatic carbocycles. The Morgan fingerprint density at radius 1 is 1.30 bits per heavy atom. The summed E-state index contributed by atoms with van der Waals surface area (Å²) in [5.41, 5.74) is 1.08. The van der Waals surface area contributed by atoms with E-state index in [4.69, 9.17) is 16.3 Å². The van der Waals surface area contributed by atoms with E-state index in [9.17, 15) is 9.59 Å². The standard InChI is InChI=1S/C17H21ClN2O3/c18-13-6-7-15(14(10-13)12-4-2-1-3-5-12)23-11-16(21)20-9-8-19-17(20)22/h6-7,10,12H,1-5,8-9,11H2,(H,19,22). The second kappa shape index (κ2) is 7.21. The molecule has 0 radical (unpaired) electrons. The molecule has 1 heterocycles. The highest BCUT2D eigenvalue weighted by atomic mass is 35.5. The SMILES string of the molecule is O=C(COc1ccc(Cl)cc1C1CCCCC1)N1CCNC1=O. The molecule has 6 heteroatoms. The Morgan fingerprint density at radius 3 is 2.78 bits per heavy atom. The molecule has 2 aliphatic rings. The van der Waals surface area contributed by atoms with Crippen LogP contribution in [0.3, 0.4) is 0 Å². The van der Waals surface area contributed by atoms with E-state index in [1.165, 1.54) is 24.2 Å². The Labute approximate surface area is 140 Å². The summed E-state index contributed by atoms with van der Waals surface area (Å²) in [4.78, 5) is 24.8. The summed E-state index contributed by atoms with van der Waals surface area (Å²) in [5.74, 6) is 0.821. The van der Waals surface area contributed by atoms with E-state index in [1.54, 1.807) is 6.07 Å². The number of rotatable bonds is 4. The van der Waals surface area contributed by atoms with Crippen molar-refractivity contribution in [3.05, 3.63) is 28.8 Å². The minimum Gasteiger partial charge on any atom is -0.483 e. The van der Waals surface area contributed by atoms with E-state index in [-0.39, 0.29) is 18.5 Å². The van der Waals surface area contributed by atoms with Gasteiger partial charge in [-0.3, -0.25) is 9.69 Å². The molecule has 0 bridgehead atoms. The van der Waals surface area contributed by atoms with Crippen molar-refractivity contribution in [1.29, 1.82) is 0 Å². The molecule has 1 saturated carbocycles. The van der Waals surface area contributed by atoms with Crippen LogP contribution < -0.4 is 10.1 Å². The number of hydrogen-bond donors (Lipinski definition) is 1. The van der Waals surface area contributed by atoms with Crippen molar-refractivity contribution >= 4 is 23.5 Å². The molecule has 23 heavy (non-hydrogen) atoms. The number of nitrogens with zero attached hydrogens (tertiary/aromatic N) is 1. The van der Waals surface area contributed by atoms with Crippen LogP contribution in [0.1, 0.15) is 43.6 Å². The predicted molar refractivity (Wildman–Crippen MR) is 87.9 cm³/mol. The second-order valence-corrected chi connectivity index (χ2v) is 6.52. The van der Waals surface area contributed by atoms with Crippen LogP contribution in [0.25, 0.3) is 0 Å². The van der Waals surface area contributed by atoms with Crippen LogP contribution >= 0.6 is 11.6 Å². The number of amides is 3. The fraction of sp³-hybridized carbons (Fsp3) is 0.529. The van der Waals surface area contributed by atoms with E-state index in [1.807, 2.05) is 12.1 Å². The first kappa shape index (κ1) is 16.1. The van der Waals surface area contributed by atoms with Gasteiger partial charge in [-0.1, -0.05) is 30.9 Å². The molecule has 1 saturated heterocycles. The van der Waals surface area contributed by atoms with Crippen LogP contribution in [0, 0.1) is 0 Å². The maximum atomic E-state index is 12.1. The van der Waals surface area contributed by atoms with Crippen molar-refractivity contribution in [2.45, 2.75) is 38.0 Å². The lowest BCUT2D eigenvalue weighted by molar-refractivity contribution is -0.129. The fourth-order valence-corrected chi connectivity index (χ4v) is 3.49. The third kappa shape index (κ3) is 3.78. The van der Waals surface area contributed by atoms with Crippen molar-refractivity contribution < 1.29 is 14.3 Å². The summed E-state index contributed by atoms with van der Waals surface area (Å²) in [5, 5.41) is 3.30. The average molecular weight is 337 g/mol. The highest BCUT2D eigenvalue weighted by Crippen LogP contribution is 2.38. The zero-order valence-electron chi connectivity index (χ0n) is 13.0. The quantitative estimate of drug-likeness (QED) is 0.917. The normalized spacial score (nSPS) is 18.8. The topological polar surface area (TPSA) is 58.6 Å². The number of benzene rings is 1. The first-order valence-corrected chi connectivity index (χ1v) is 8.53. The van der Waals surface area contributed by atoms with Gasteiger partial charge in [0.2, 0.25) is 0 Å². The average Bonchev–Trinajstić information content (AvgIpc) is 3.00. The maximum Gasteiger partial charge on any atom is 0.324 e. The lowest BCUT2D eigenvalue weighted by atomic mass is 9.84. The molecule has 1 aliphatic carbocycles. The Bertz CT molecular complexity index is 600. The van der Waals surface area contributed by atoms with Crippen LogP contribution in [-0.4, -0.2) is 36.5 Å². The molecule has 0 spiro atoms. The molecular weight excluding hydrogens is 316 g/mol. The molecule has 0 atom stereocenters. The number of hydrogen-bond acceptors (Lipinski definition) is 3. The van der Waals surface area contributed by atoms with E-state index < -0.39 is 0 Å². The Hall–Kier alpha value is -1.75. The van der Waals surface area contributed by atoms with Crippen LogP contribution in [-0.2, 0) is 4.79 Å². The lowest BCUT2D eigenvalue weighted by Gasteiger charge is -2.24. The summed E-state index contributed by atoms with van der Waals surface area (Å²) >= 11 is 6.14. The van der Waals surface area contributed by atoms with Crippen LogP contribution in [0.15, 0.2) is 18.2 Å². The predicted octanol–water partition coefficient (Wildman–Crippen LogP) is 3.32. The molecule has 3 amide bonds. The van der Waals surface area contributed by atoms with Gasteiger partial charge < -0.3 is 10.1 Å². The zero-order valence-corrected chi connectivity index (χ0v) is 13.8. The van der Waals surface area contributed by atoms with E-state index in [0.717, 1.165) is 18.4 Å². The number of ether oxygens (including phenoxy) is 1. The molecule has 1 aromatic rings. The zero-order chi connectivity index (χ0) is 16.2. The molecule has 1 N–H and O–H groups in total. The van der Waals surface area contributed by atoms with Crippen LogP contribution in [0.5, 0.6) is 5.75 Å². The summed E-state index contributed by atoms with van der Waals surface area (Å²) in [6.45, 7) is 0.769. The molecule has 0 unspecified atom stereocenters. The van der Waals surface area contributed by atoms with Crippen LogP contribution in [0.4, 0.5) is 4.79 Å². The number of imide groups is 1. The van der Waals surface area contributed by atoms with Crippen molar-refractivity contribution in [3.63, 3.8) is 0 Å². The van der Waals surface area contributed by atoms with Gasteiger partial charge in [0, 0.05) is 18.1 Å². The monoisotopic (exact) mass is 336 g/mol. The first-order valence-electron chi connectivity index (χ1n) is 8.15. The van der Waals surface area contributed by atoms with E-state index in [0.29, 0.717) is 29.8 Å². The van der Waals surface area contributed by atoms with Gasteiger partial charge in [-0.25, -0.2) is 4.79 Å². The summed E-state index contributed by atoms with van der Waals surface area (Å²) in [6.07, 6.45) is 5.95. The first-order chi connectivity index (χ1) is 11.1. The largest absolute Gasteiger partial charge is 0.483 e. The smallest absolute Gasteiger partial charge is 0.324 e. The van der Waals surface area contributed by atoms with Gasteiger partial charge in [-0.15, -0.1) is 0 Å². The minimum atomic E-state index is -0.345. The van der Waals surface area contributed by atoms with E-state index >= 15 is 0 Å². The molecule has 1 aliphatic heterocycles. The second-order valence-electron chi connectivity index (χ2n) is 6.08. The van der Waals surface area contributed by atoms with Gasteiger partial charge in [0.1, 0.15) is 5.75 Å². The van der Waals surface area contributed by atoms with Gasteiger partial charge in [-0.2, -0.15) is 0 Å². The van der Waals surface area contributed by atoms with Crippen molar-refractivity contribution in [3.8, 4) is 5.75 Å². The molecule has 3 rings (SSSR count). The third-order valence-corrected chi connectivity index (χ3v) is 4.76. The third-order valence-electron chi connectivity index (χ3n) is 4.53. The van der Waals surface area contributed by atoms with Crippen LogP contribution in [0.2, 0.25) is 5.02 Å². The minimum absolute atomic E-state index is 0.130. The number of halogens is 1. The Morgan fingerprint density at radius 2 is 2.09 bits per heavy atom. The Balaban J connectivity index is 1.69. The molecular formula is C17H21ClN2O3. The number of carbonyl (C=O) groups excluding carboxylic acids is 2. The van der Waals surface area contributed by atoms with Gasteiger partial charge in [-0.05, 0) is 42.5 Å². The van der Waals surface area contributed by atoms with Crippen molar-refractivity contribution in [2.24, 2.45) is 0 Å². The van der Waals surface area contributed by atoms with E-state index in [2.05, 4.69) is 5.32 Å². The maximum absolute atomic E-state index is 12.1. The number of carbonyl (C=O) groups is 2. The molecule has 2 fully saturated rings. The number of nitrogens with one attached hydrogen (secondary N) is 1. The highest BCUT2D eigenvalue weighted by molar-refractivity contribution is 6.30. The summed E-state index contributed by atoms with van der Waals surface area (Å²) in [6, 6.07) is 5.20. The fourth-order valence-electron chi connectivity index (χ4n) is 3.31. The van der Waals surface area contributed by atoms with Gasteiger partial charge in [0.15, 0.2) is 6.61 Å². The number of urea groups is 1. The molecule has 124 valence electrons. The molecule has 0 aromatic heterocycles. The lowest BCUT2D eigenvalue weighted by Crippen LogP contribution is -2.37. The molecule has 5 nitrogen and oxygen atoms in total. The highest BCUT2D eigenvalue weighted by Gasteiger charge is 2.27. The van der Waals surface area contributed by atoms with Gasteiger partial charge in [0.05, 0.1) is 0 Å². The Kier molecular flexibility index (Phi) is 5.06.